The normalized spacial score (nSPS) is 10.5. The van der Waals surface area contributed by atoms with Gasteiger partial charge in [0.05, 0.1) is 25.9 Å². The minimum atomic E-state index is -0.373. The maximum absolute atomic E-state index is 12.6. The van der Waals surface area contributed by atoms with Crippen molar-refractivity contribution in [1.82, 2.24) is 4.57 Å². The van der Waals surface area contributed by atoms with E-state index < -0.39 is 0 Å². The average molecular weight is 451 g/mol. The predicted molar refractivity (Wildman–Crippen MR) is 128 cm³/mol. The molecule has 0 saturated heterocycles. The second kappa shape index (κ2) is 11.2. The van der Waals surface area contributed by atoms with Gasteiger partial charge in [-0.05, 0) is 80.9 Å². The van der Waals surface area contributed by atoms with Crippen LogP contribution in [-0.4, -0.2) is 36.8 Å². The number of aromatic nitrogens is 1. The fourth-order valence-corrected chi connectivity index (χ4v) is 3.59. The highest BCUT2D eigenvalue weighted by Crippen LogP contribution is 2.28. The van der Waals surface area contributed by atoms with Gasteiger partial charge in [0.15, 0.2) is 0 Å². The van der Waals surface area contributed by atoms with Crippen molar-refractivity contribution in [2.45, 2.75) is 33.7 Å². The minimum absolute atomic E-state index is 0.120. The van der Waals surface area contributed by atoms with E-state index in [-0.39, 0.29) is 18.3 Å². The van der Waals surface area contributed by atoms with Crippen LogP contribution in [0, 0.1) is 6.92 Å². The summed E-state index contributed by atoms with van der Waals surface area (Å²) in [5, 5.41) is 2.91. The van der Waals surface area contributed by atoms with Crippen molar-refractivity contribution in [2.24, 2.45) is 0 Å². The van der Waals surface area contributed by atoms with Crippen LogP contribution in [0.2, 0.25) is 0 Å². The number of hydrogen-bond acceptors (Lipinski definition) is 5. The Morgan fingerprint density at radius 1 is 0.939 bits per heavy atom. The fourth-order valence-electron chi connectivity index (χ4n) is 3.59. The van der Waals surface area contributed by atoms with Gasteiger partial charge in [-0.3, -0.25) is 4.79 Å². The molecule has 2 aromatic carbocycles. The molecule has 0 atom stereocenters. The molecule has 1 aromatic heterocycles. The molecule has 7 heteroatoms. The summed E-state index contributed by atoms with van der Waals surface area (Å²) in [7, 11) is 1.61. The highest BCUT2D eigenvalue weighted by atomic mass is 16.5. The van der Waals surface area contributed by atoms with E-state index >= 15 is 0 Å². The number of anilines is 1. The number of methoxy groups -OCH3 is 1. The van der Waals surface area contributed by atoms with Crippen LogP contribution >= 0.6 is 0 Å². The van der Waals surface area contributed by atoms with Crippen LogP contribution in [0.4, 0.5) is 5.69 Å². The molecular formula is C26H30N2O5. The number of amides is 1. The first-order valence-corrected chi connectivity index (χ1v) is 11.0. The molecule has 0 spiro atoms. The van der Waals surface area contributed by atoms with Crippen molar-refractivity contribution >= 4 is 17.6 Å². The molecule has 7 nitrogen and oxygen atoms in total. The van der Waals surface area contributed by atoms with E-state index in [4.69, 9.17) is 14.2 Å². The van der Waals surface area contributed by atoms with Crippen LogP contribution in [0.25, 0.3) is 11.3 Å². The van der Waals surface area contributed by atoms with Gasteiger partial charge in [-0.2, -0.15) is 0 Å². The number of hydrogen-bond donors (Lipinski definition) is 1. The van der Waals surface area contributed by atoms with Crippen LogP contribution in [0.5, 0.6) is 11.5 Å². The summed E-state index contributed by atoms with van der Waals surface area (Å²) >= 11 is 0. The Kier molecular flexibility index (Phi) is 8.13. The number of nitrogens with one attached hydrogen (secondary N) is 1. The predicted octanol–water partition coefficient (Wildman–Crippen LogP) is 5.08. The Bertz CT molecular complexity index is 1090. The summed E-state index contributed by atoms with van der Waals surface area (Å²) in [4.78, 5) is 25.1. The molecular weight excluding hydrogens is 420 g/mol. The van der Waals surface area contributed by atoms with E-state index in [2.05, 4.69) is 5.32 Å². The summed E-state index contributed by atoms with van der Waals surface area (Å²) < 4.78 is 17.9. The van der Waals surface area contributed by atoms with Gasteiger partial charge in [-0.25, -0.2) is 4.79 Å². The fraction of sp³-hybridized carbons (Fsp3) is 0.308. The molecule has 1 amide bonds. The van der Waals surface area contributed by atoms with Gasteiger partial charge in [0.1, 0.15) is 11.5 Å². The first-order chi connectivity index (χ1) is 16.0. The van der Waals surface area contributed by atoms with E-state index in [1.165, 1.54) is 0 Å². The van der Waals surface area contributed by atoms with E-state index in [9.17, 15) is 9.59 Å². The second-order valence-corrected chi connectivity index (χ2v) is 7.38. The van der Waals surface area contributed by atoms with Gasteiger partial charge >= 0.3 is 5.97 Å². The quantitative estimate of drug-likeness (QED) is 0.436. The lowest BCUT2D eigenvalue weighted by molar-refractivity contribution is -0.116. The van der Waals surface area contributed by atoms with Crippen LogP contribution in [-0.2, 0) is 16.1 Å². The molecule has 0 fully saturated rings. The average Bonchev–Trinajstić information content (AvgIpc) is 3.15. The Balaban J connectivity index is 1.79. The smallest absolute Gasteiger partial charge is 0.339 e. The third-order valence-corrected chi connectivity index (χ3v) is 5.26. The zero-order chi connectivity index (χ0) is 23.8. The number of esters is 1. The van der Waals surface area contributed by atoms with Gasteiger partial charge in [0.25, 0.3) is 0 Å². The SMILES string of the molecule is CCOC(=O)c1cc(-c2ccc(OC)cc2)n(CCC(=O)Nc2ccc(OCC)cc2)c1C. The van der Waals surface area contributed by atoms with Crippen molar-refractivity contribution in [3.63, 3.8) is 0 Å². The Labute approximate surface area is 194 Å². The Morgan fingerprint density at radius 3 is 2.21 bits per heavy atom. The molecule has 0 saturated carbocycles. The first kappa shape index (κ1) is 23.9. The van der Waals surface area contributed by atoms with Gasteiger partial charge < -0.3 is 24.1 Å². The maximum atomic E-state index is 12.6. The lowest BCUT2D eigenvalue weighted by Gasteiger charge is -2.13. The number of nitrogens with zero attached hydrogens (tertiary/aromatic N) is 1. The van der Waals surface area contributed by atoms with E-state index in [0.29, 0.717) is 31.0 Å². The van der Waals surface area contributed by atoms with Crippen molar-refractivity contribution in [3.8, 4) is 22.8 Å². The Hall–Kier alpha value is -3.74. The molecule has 0 radical (unpaired) electrons. The van der Waals surface area contributed by atoms with Crippen LogP contribution in [0.1, 0.15) is 36.3 Å². The molecule has 0 aliphatic rings. The summed E-state index contributed by atoms with van der Waals surface area (Å²) in [6.07, 6.45) is 0.244. The van der Waals surface area contributed by atoms with E-state index in [0.717, 1.165) is 28.5 Å². The lowest BCUT2D eigenvalue weighted by Crippen LogP contribution is -2.16. The number of carbonyl (C=O) groups excluding carboxylic acids is 2. The van der Waals surface area contributed by atoms with Crippen LogP contribution < -0.4 is 14.8 Å². The molecule has 0 aliphatic heterocycles. The molecule has 1 N–H and O–H groups in total. The standard InChI is InChI=1S/C26H30N2O5/c1-5-32-22-13-9-20(10-14-22)27-25(29)15-16-28-18(3)23(26(30)33-6-2)17-24(28)19-7-11-21(31-4)12-8-19/h7-14,17H,5-6,15-16H2,1-4H3,(H,27,29). The number of benzene rings is 2. The summed E-state index contributed by atoms with van der Waals surface area (Å²) in [6, 6.07) is 16.7. The largest absolute Gasteiger partial charge is 0.497 e. The van der Waals surface area contributed by atoms with Gasteiger partial charge in [-0.1, -0.05) is 0 Å². The second-order valence-electron chi connectivity index (χ2n) is 7.38. The van der Waals surface area contributed by atoms with E-state index in [1.807, 2.05) is 73.0 Å². The lowest BCUT2D eigenvalue weighted by atomic mass is 10.1. The molecule has 0 bridgehead atoms. The molecule has 3 rings (SSSR count). The molecule has 0 unspecified atom stereocenters. The molecule has 3 aromatic rings. The maximum Gasteiger partial charge on any atom is 0.339 e. The van der Waals surface area contributed by atoms with Crippen molar-refractivity contribution in [2.75, 3.05) is 25.6 Å². The molecule has 1 heterocycles. The van der Waals surface area contributed by atoms with Gasteiger partial charge in [0, 0.05) is 30.0 Å². The minimum Gasteiger partial charge on any atom is -0.497 e. The molecule has 174 valence electrons. The van der Waals surface area contributed by atoms with Crippen molar-refractivity contribution in [3.05, 3.63) is 65.9 Å². The zero-order valence-electron chi connectivity index (χ0n) is 19.5. The van der Waals surface area contributed by atoms with Crippen LogP contribution in [0.3, 0.4) is 0 Å². The summed E-state index contributed by atoms with van der Waals surface area (Å²) in [5.41, 5.74) is 3.71. The third kappa shape index (κ3) is 5.94. The first-order valence-electron chi connectivity index (χ1n) is 11.0. The van der Waals surface area contributed by atoms with Crippen LogP contribution in [0.15, 0.2) is 54.6 Å². The third-order valence-electron chi connectivity index (χ3n) is 5.26. The van der Waals surface area contributed by atoms with Crippen molar-refractivity contribution in [1.29, 1.82) is 0 Å². The summed E-state index contributed by atoms with van der Waals surface area (Å²) in [6.45, 7) is 6.86. The topological polar surface area (TPSA) is 78.8 Å². The highest BCUT2D eigenvalue weighted by Gasteiger charge is 2.20. The summed E-state index contributed by atoms with van der Waals surface area (Å²) in [5.74, 6) is 1.01. The molecule has 0 aliphatic carbocycles. The zero-order valence-corrected chi connectivity index (χ0v) is 19.5. The van der Waals surface area contributed by atoms with Crippen molar-refractivity contribution < 1.29 is 23.8 Å². The van der Waals surface area contributed by atoms with E-state index in [1.54, 1.807) is 14.0 Å². The monoisotopic (exact) mass is 450 g/mol. The molecule has 33 heavy (non-hydrogen) atoms. The Morgan fingerprint density at radius 2 is 1.61 bits per heavy atom. The van der Waals surface area contributed by atoms with Gasteiger partial charge in [-0.15, -0.1) is 0 Å². The number of rotatable bonds is 10. The number of ether oxygens (including phenoxy) is 3. The highest BCUT2D eigenvalue weighted by molar-refractivity contribution is 5.93. The van der Waals surface area contributed by atoms with Gasteiger partial charge in [0.2, 0.25) is 5.91 Å². The number of carbonyl (C=O) groups is 2.